The molecule has 2 aliphatic rings. The normalized spacial score (nSPS) is 19.3. The lowest BCUT2D eigenvalue weighted by molar-refractivity contribution is -0.116. The summed E-state index contributed by atoms with van der Waals surface area (Å²) in [7, 11) is 0. The third-order valence-electron chi connectivity index (χ3n) is 7.26. The van der Waals surface area contributed by atoms with Crippen molar-refractivity contribution in [2.24, 2.45) is 0 Å². The van der Waals surface area contributed by atoms with E-state index in [0.29, 0.717) is 46.7 Å². The Morgan fingerprint density at radius 3 is 2.42 bits per heavy atom. The number of benzene rings is 2. The van der Waals surface area contributed by atoms with Gasteiger partial charge in [0.15, 0.2) is 5.78 Å². The standard InChI is InChI=1S/C31H27N5O2/c1-18-12-13-27(33-16-18)36-31(38)28-19(2)34-24-14-21(20-8-4-3-5-9-20)15-26(37)29(24)30(28)25-17-32-22-10-6-7-11-23(22)35-25/h3-13,16-17,21,30,34H,14-15H2,1-2H3,(H,33,36,38)/t21-,30+/m0/s1. The molecule has 1 aliphatic carbocycles. The number of dihydropyridines is 1. The highest BCUT2D eigenvalue weighted by Crippen LogP contribution is 2.45. The summed E-state index contributed by atoms with van der Waals surface area (Å²) in [5, 5.41) is 6.34. The van der Waals surface area contributed by atoms with Crippen molar-refractivity contribution >= 4 is 28.5 Å². The third kappa shape index (κ3) is 4.36. The number of fused-ring (bicyclic) bond motifs is 1. The monoisotopic (exact) mass is 501 g/mol. The number of nitrogens with one attached hydrogen (secondary N) is 2. The maximum Gasteiger partial charge on any atom is 0.255 e. The molecule has 2 aromatic heterocycles. The minimum absolute atomic E-state index is 0.0128. The molecule has 1 aliphatic heterocycles. The predicted molar refractivity (Wildman–Crippen MR) is 146 cm³/mol. The smallest absolute Gasteiger partial charge is 0.255 e. The molecule has 0 saturated carbocycles. The van der Waals surface area contributed by atoms with Crippen LogP contribution in [0.25, 0.3) is 11.0 Å². The molecule has 3 heterocycles. The van der Waals surface area contributed by atoms with Crippen LogP contribution in [0.15, 0.2) is 102 Å². The number of Topliss-reactive ketones (excluding diaryl/α,β-unsaturated/α-hetero) is 1. The largest absolute Gasteiger partial charge is 0.362 e. The molecule has 0 spiro atoms. The van der Waals surface area contributed by atoms with E-state index < -0.39 is 5.92 Å². The van der Waals surface area contributed by atoms with Crippen LogP contribution in [-0.4, -0.2) is 26.6 Å². The average Bonchev–Trinajstić information content (AvgIpc) is 2.93. The lowest BCUT2D eigenvalue weighted by Gasteiger charge is -2.36. The molecule has 0 bridgehead atoms. The first-order valence-corrected chi connectivity index (χ1v) is 12.7. The van der Waals surface area contributed by atoms with Gasteiger partial charge in [-0.25, -0.2) is 9.97 Å². The zero-order valence-corrected chi connectivity index (χ0v) is 21.2. The Kier molecular flexibility index (Phi) is 6.04. The second-order valence-electron chi connectivity index (χ2n) is 9.89. The van der Waals surface area contributed by atoms with Gasteiger partial charge in [0.05, 0.1) is 28.8 Å². The summed E-state index contributed by atoms with van der Waals surface area (Å²) >= 11 is 0. The number of nitrogens with zero attached hydrogens (tertiary/aromatic N) is 3. The first-order chi connectivity index (χ1) is 18.5. The summed E-state index contributed by atoms with van der Waals surface area (Å²) in [6.45, 7) is 3.81. The van der Waals surface area contributed by atoms with E-state index in [4.69, 9.17) is 4.98 Å². The third-order valence-corrected chi connectivity index (χ3v) is 7.26. The number of pyridine rings is 1. The first-order valence-electron chi connectivity index (χ1n) is 12.7. The minimum atomic E-state index is -0.641. The number of carbonyl (C=O) groups excluding carboxylic acids is 2. The van der Waals surface area contributed by atoms with Gasteiger partial charge in [-0.05, 0) is 55.5 Å². The zero-order chi connectivity index (χ0) is 26.2. The summed E-state index contributed by atoms with van der Waals surface area (Å²) in [6, 6.07) is 21.4. The van der Waals surface area contributed by atoms with Gasteiger partial charge >= 0.3 is 0 Å². The number of carbonyl (C=O) groups is 2. The topological polar surface area (TPSA) is 96.9 Å². The fraction of sp³-hybridized carbons (Fsp3) is 0.194. The van der Waals surface area contributed by atoms with Crippen LogP contribution in [0.2, 0.25) is 0 Å². The number of para-hydroxylation sites is 2. The number of ketones is 1. The van der Waals surface area contributed by atoms with E-state index in [0.717, 1.165) is 22.3 Å². The van der Waals surface area contributed by atoms with Crippen molar-refractivity contribution in [3.05, 3.63) is 118 Å². The lowest BCUT2D eigenvalue weighted by atomic mass is 9.72. The molecule has 2 N–H and O–H groups in total. The number of aromatic nitrogens is 3. The van der Waals surface area contributed by atoms with Crippen LogP contribution in [0.1, 0.15) is 48.4 Å². The van der Waals surface area contributed by atoms with Crippen LogP contribution in [0, 0.1) is 6.92 Å². The number of hydrogen-bond acceptors (Lipinski definition) is 6. The molecule has 188 valence electrons. The van der Waals surface area contributed by atoms with E-state index in [9.17, 15) is 9.59 Å². The Balaban J connectivity index is 1.45. The Morgan fingerprint density at radius 1 is 0.895 bits per heavy atom. The molecule has 4 aromatic rings. The molecule has 0 fully saturated rings. The molecule has 7 nitrogen and oxygen atoms in total. The first kappa shape index (κ1) is 23.7. The number of allylic oxidation sites excluding steroid dienone is 3. The van der Waals surface area contributed by atoms with Crippen molar-refractivity contribution < 1.29 is 9.59 Å². The van der Waals surface area contributed by atoms with Crippen LogP contribution >= 0.6 is 0 Å². The van der Waals surface area contributed by atoms with Gasteiger partial charge in [-0.15, -0.1) is 0 Å². The van der Waals surface area contributed by atoms with Crippen molar-refractivity contribution in [1.29, 1.82) is 0 Å². The van der Waals surface area contributed by atoms with E-state index in [1.807, 2.05) is 62.4 Å². The van der Waals surface area contributed by atoms with Crippen LogP contribution in [-0.2, 0) is 9.59 Å². The molecule has 0 unspecified atom stereocenters. The van der Waals surface area contributed by atoms with E-state index in [-0.39, 0.29) is 17.6 Å². The number of aryl methyl sites for hydroxylation is 1. The summed E-state index contributed by atoms with van der Waals surface area (Å²) < 4.78 is 0. The van der Waals surface area contributed by atoms with Gasteiger partial charge in [-0.1, -0.05) is 48.5 Å². The lowest BCUT2D eigenvalue weighted by Crippen LogP contribution is -2.37. The van der Waals surface area contributed by atoms with Crippen molar-refractivity contribution in [3.63, 3.8) is 0 Å². The number of amides is 1. The second-order valence-corrected chi connectivity index (χ2v) is 9.89. The second kappa shape index (κ2) is 9.67. The van der Waals surface area contributed by atoms with Gasteiger partial charge in [0, 0.05) is 35.2 Å². The highest BCUT2D eigenvalue weighted by Gasteiger charge is 2.41. The number of rotatable bonds is 4. The van der Waals surface area contributed by atoms with Gasteiger partial charge in [-0.2, -0.15) is 0 Å². The fourth-order valence-corrected chi connectivity index (χ4v) is 5.43. The van der Waals surface area contributed by atoms with Crippen LogP contribution in [0.5, 0.6) is 0 Å². The molecular formula is C31H27N5O2. The predicted octanol–water partition coefficient (Wildman–Crippen LogP) is 5.33. The van der Waals surface area contributed by atoms with E-state index in [1.54, 1.807) is 18.5 Å². The maximum absolute atomic E-state index is 13.8. The molecule has 0 radical (unpaired) electrons. The zero-order valence-electron chi connectivity index (χ0n) is 21.2. The Bertz CT molecular complexity index is 1620. The van der Waals surface area contributed by atoms with Crippen molar-refractivity contribution in [3.8, 4) is 0 Å². The highest BCUT2D eigenvalue weighted by atomic mass is 16.2. The Morgan fingerprint density at radius 2 is 1.66 bits per heavy atom. The average molecular weight is 502 g/mol. The molecule has 6 rings (SSSR count). The van der Waals surface area contributed by atoms with Crippen molar-refractivity contribution in [2.75, 3.05) is 5.32 Å². The number of anilines is 1. The minimum Gasteiger partial charge on any atom is -0.362 e. The molecular weight excluding hydrogens is 474 g/mol. The van der Waals surface area contributed by atoms with Gasteiger partial charge in [0.2, 0.25) is 0 Å². The molecule has 2 atom stereocenters. The van der Waals surface area contributed by atoms with Crippen LogP contribution in [0.4, 0.5) is 5.82 Å². The number of hydrogen-bond donors (Lipinski definition) is 2. The quantitative estimate of drug-likeness (QED) is 0.392. The van der Waals surface area contributed by atoms with E-state index >= 15 is 0 Å². The van der Waals surface area contributed by atoms with Crippen LogP contribution in [0.3, 0.4) is 0 Å². The van der Waals surface area contributed by atoms with Gasteiger partial charge in [-0.3, -0.25) is 14.6 Å². The van der Waals surface area contributed by atoms with Crippen molar-refractivity contribution in [1.82, 2.24) is 20.3 Å². The molecule has 38 heavy (non-hydrogen) atoms. The summed E-state index contributed by atoms with van der Waals surface area (Å²) in [5.41, 5.74) is 6.75. The molecule has 2 aromatic carbocycles. The van der Waals surface area contributed by atoms with E-state index in [1.165, 1.54) is 0 Å². The van der Waals surface area contributed by atoms with Gasteiger partial charge in [0.1, 0.15) is 5.82 Å². The van der Waals surface area contributed by atoms with Gasteiger partial charge in [0.25, 0.3) is 5.91 Å². The Labute approximate surface area is 220 Å². The Hall–Kier alpha value is -4.65. The van der Waals surface area contributed by atoms with Crippen molar-refractivity contribution in [2.45, 2.75) is 38.5 Å². The highest BCUT2D eigenvalue weighted by molar-refractivity contribution is 6.09. The summed E-state index contributed by atoms with van der Waals surface area (Å²) in [6.07, 6.45) is 4.44. The van der Waals surface area contributed by atoms with E-state index in [2.05, 4.69) is 32.7 Å². The maximum atomic E-state index is 13.8. The molecule has 7 heteroatoms. The van der Waals surface area contributed by atoms with Gasteiger partial charge < -0.3 is 10.6 Å². The fourth-order valence-electron chi connectivity index (χ4n) is 5.43. The summed E-state index contributed by atoms with van der Waals surface area (Å²) in [5.74, 6) is -0.436. The summed E-state index contributed by atoms with van der Waals surface area (Å²) in [4.78, 5) is 41.4. The molecule has 1 amide bonds. The van der Waals surface area contributed by atoms with Crippen LogP contribution < -0.4 is 10.6 Å². The molecule has 0 saturated heterocycles. The SMILES string of the molecule is CC1=C(C(=O)Nc2ccc(C)cn2)[C@@H](c2cnc3ccccc3n2)C2=C(C[C@H](c3ccccc3)CC2=O)N1.